The number of aromatic nitrogens is 4. The molecule has 0 bridgehead atoms. The Kier molecular flexibility index (Phi) is 4.80. The Labute approximate surface area is 174 Å². The molecule has 5 rings (SSSR count). The van der Waals surface area contributed by atoms with Crippen molar-refractivity contribution in [3.05, 3.63) is 65.7 Å². The molecule has 7 heteroatoms. The number of anilines is 1. The zero-order chi connectivity index (χ0) is 20.5. The molecule has 1 atom stereocenters. The van der Waals surface area contributed by atoms with Gasteiger partial charge in [-0.3, -0.25) is 4.98 Å². The van der Waals surface area contributed by atoms with Crippen molar-refractivity contribution < 1.29 is 4.74 Å². The first-order valence-corrected chi connectivity index (χ1v) is 10.1. The Hall–Kier alpha value is -3.45. The molecule has 0 aliphatic carbocycles. The lowest BCUT2D eigenvalue weighted by Gasteiger charge is -2.27. The molecule has 0 fully saturated rings. The summed E-state index contributed by atoms with van der Waals surface area (Å²) in [5.74, 6) is 2.09. The third kappa shape index (κ3) is 3.37. The normalized spacial score (nSPS) is 15.8. The lowest BCUT2D eigenvalue weighted by atomic mass is 9.88. The van der Waals surface area contributed by atoms with E-state index in [-0.39, 0.29) is 5.92 Å². The van der Waals surface area contributed by atoms with Crippen molar-refractivity contribution in [1.82, 2.24) is 25.3 Å². The summed E-state index contributed by atoms with van der Waals surface area (Å²) in [6.07, 6.45) is 7.45. The van der Waals surface area contributed by atoms with Crippen LogP contribution in [0.25, 0.3) is 22.3 Å². The number of aryl methyl sites for hydroxylation is 1. The number of rotatable bonds is 5. The number of para-hydroxylation sites is 1. The summed E-state index contributed by atoms with van der Waals surface area (Å²) in [7, 11) is 1.62. The zero-order valence-corrected chi connectivity index (χ0v) is 16.9. The maximum Gasteiger partial charge on any atom is 0.163 e. The molecule has 1 aliphatic rings. The van der Waals surface area contributed by atoms with Crippen LogP contribution in [0.5, 0.6) is 5.75 Å². The average molecular weight is 400 g/mol. The Bertz CT molecular complexity index is 1200. The highest BCUT2D eigenvalue weighted by Crippen LogP contribution is 2.33. The van der Waals surface area contributed by atoms with E-state index < -0.39 is 0 Å². The average Bonchev–Trinajstić information content (AvgIpc) is 3.20. The molecule has 30 heavy (non-hydrogen) atoms. The Balaban J connectivity index is 1.42. The third-order valence-electron chi connectivity index (χ3n) is 5.79. The van der Waals surface area contributed by atoms with Gasteiger partial charge in [0.05, 0.1) is 19.0 Å². The number of ether oxygens (including phenoxy) is 1. The number of hydrogen-bond donors (Lipinski definition) is 3. The number of H-pyrrole nitrogens is 1. The number of fused-ring (bicyclic) bond motifs is 2. The second-order valence-electron chi connectivity index (χ2n) is 7.63. The first-order valence-electron chi connectivity index (χ1n) is 10.1. The summed E-state index contributed by atoms with van der Waals surface area (Å²) >= 11 is 0. The van der Waals surface area contributed by atoms with Gasteiger partial charge in [0.25, 0.3) is 0 Å². The number of pyridine rings is 1. The van der Waals surface area contributed by atoms with E-state index in [0.29, 0.717) is 23.9 Å². The molecular weight excluding hydrogens is 376 g/mol. The molecule has 152 valence electrons. The highest BCUT2D eigenvalue weighted by Gasteiger charge is 2.26. The number of benzene rings is 1. The molecule has 0 spiro atoms. The van der Waals surface area contributed by atoms with E-state index in [2.05, 4.69) is 50.7 Å². The minimum Gasteiger partial charge on any atom is -0.495 e. The van der Waals surface area contributed by atoms with Gasteiger partial charge in [-0.1, -0.05) is 18.2 Å². The molecule has 1 aromatic carbocycles. The van der Waals surface area contributed by atoms with Gasteiger partial charge in [-0.25, -0.2) is 9.97 Å². The van der Waals surface area contributed by atoms with Crippen LogP contribution in [0.15, 0.2) is 48.9 Å². The van der Waals surface area contributed by atoms with Gasteiger partial charge < -0.3 is 20.8 Å². The third-order valence-corrected chi connectivity index (χ3v) is 5.79. The second kappa shape index (κ2) is 7.76. The van der Waals surface area contributed by atoms with Gasteiger partial charge in [0.1, 0.15) is 11.6 Å². The number of nitrogens with two attached hydrogens (primary N) is 1. The van der Waals surface area contributed by atoms with Crippen LogP contribution in [0.1, 0.15) is 29.2 Å². The van der Waals surface area contributed by atoms with Crippen LogP contribution in [0.4, 0.5) is 5.82 Å². The summed E-state index contributed by atoms with van der Waals surface area (Å²) in [5, 5.41) is 4.78. The van der Waals surface area contributed by atoms with Crippen LogP contribution in [0, 0.1) is 0 Å². The summed E-state index contributed by atoms with van der Waals surface area (Å²) in [4.78, 5) is 17.0. The quantitative estimate of drug-likeness (QED) is 0.474. The fourth-order valence-corrected chi connectivity index (χ4v) is 4.28. The topological polar surface area (TPSA) is 102 Å². The molecule has 4 heterocycles. The Morgan fingerprint density at radius 1 is 1.20 bits per heavy atom. The van der Waals surface area contributed by atoms with Crippen molar-refractivity contribution in [3.8, 4) is 17.1 Å². The van der Waals surface area contributed by atoms with E-state index in [4.69, 9.17) is 15.5 Å². The molecule has 0 amide bonds. The molecule has 0 saturated heterocycles. The first-order chi connectivity index (χ1) is 14.7. The van der Waals surface area contributed by atoms with Crippen LogP contribution >= 0.6 is 0 Å². The molecule has 1 aliphatic heterocycles. The minimum absolute atomic E-state index is 0.278. The maximum atomic E-state index is 6.44. The lowest BCUT2D eigenvalue weighted by Crippen LogP contribution is -2.31. The van der Waals surface area contributed by atoms with Crippen molar-refractivity contribution in [1.29, 1.82) is 0 Å². The van der Waals surface area contributed by atoms with Crippen LogP contribution < -0.4 is 15.8 Å². The molecule has 0 radical (unpaired) electrons. The van der Waals surface area contributed by atoms with Crippen molar-refractivity contribution in [2.45, 2.75) is 25.3 Å². The maximum absolute atomic E-state index is 6.44. The number of nitrogens with zero attached hydrogens (tertiary/aromatic N) is 3. The van der Waals surface area contributed by atoms with Crippen molar-refractivity contribution in [3.63, 3.8) is 0 Å². The number of hydrogen-bond acceptors (Lipinski definition) is 6. The monoisotopic (exact) mass is 400 g/mol. The van der Waals surface area contributed by atoms with Gasteiger partial charge in [-0.15, -0.1) is 0 Å². The summed E-state index contributed by atoms with van der Waals surface area (Å²) < 4.78 is 5.27. The van der Waals surface area contributed by atoms with E-state index in [1.54, 1.807) is 19.5 Å². The summed E-state index contributed by atoms with van der Waals surface area (Å²) in [6.45, 7) is 1.57. The molecular formula is C23H24N6O. The van der Waals surface area contributed by atoms with Crippen LogP contribution in [-0.2, 0) is 13.0 Å². The molecule has 4 N–H and O–H groups in total. The zero-order valence-electron chi connectivity index (χ0n) is 16.9. The van der Waals surface area contributed by atoms with E-state index in [0.717, 1.165) is 36.2 Å². The van der Waals surface area contributed by atoms with Crippen LogP contribution in [0.3, 0.4) is 0 Å². The van der Waals surface area contributed by atoms with E-state index in [1.165, 1.54) is 16.5 Å². The highest BCUT2D eigenvalue weighted by atomic mass is 16.5. The Morgan fingerprint density at radius 2 is 2.10 bits per heavy atom. The highest BCUT2D eigenvalue weighted by molar-refractivity contribution is 5.83. The summed E-state index contributed by atoms with van der Waals surface area (Å²) in [5.41, 5.74) is 11.8. The largest absolute Gasteiger partial charge is 0.495 e. The van der Waals surface area contributed by atoms with E-state index >= 15 is 0 Å². The van der Waals surface area contributed by atoms with Gasteiger partial charge in [0.2, 0.25) is 0 Å². The van der Waals surface area contributed by atoms with Crippen LogP contribution in [0.2, 0.25) is 0 Å². The standard InChI is InChI=1S/C23H24N6O/c1-30-17-8-16(10-25-12-17)23-28-20-13-26-9-15(21(20)22(24)29-23)7-6-14-11-27-19-5-3-2-4-18(14)19/h2-5,8,10-12,15,26-27H,6-7,9,13H2,1H3,(H2,24,28,29). The molecule has 7 nitrogen and oxygen atoms in total. The van der Waals surface area contributed by atoms with Crippen molar-refractivity contribution in [2.75, 3.05) is 19.4 Å². The molecule has 1 unspecified atom stereocenters. The van der Waals surface area contributed by atoms with E-state index in [1.807, 2.05) is 6.07 Å². The minimum atomic E-state index is 0.278. The molecule has 3 aromatic heterocycles. The predicted molar refractivity (Wildman–Crippen MR) is 117 cm³/mol. The van der Waals surface area contributed by atoms with E-state index in [9.17, 15) is 0 Å². The molecule has 4 aromatic rings. The van der Waals surface area contributed by atoms with Crippen molar-refractivity contribution in [2.24, 2.45) is 0 Å². The smallest absolute Gasteiger partial charge is 0.163 e. The van der Waals surface area contributed by atoms with Crippen molar-refractivity contribution >= 4 is 16.7 Å². The first kappa shape index (κ1) is 18.6. The number of methoxy groups -OCH3 is 1. The second-order valence-corrected chi connectivity index (χ2v) is 7.63. The van der Waals surface area contributed by atoms with Crippen LogP contribution in [-0.4, -0.2) is 33.6 Å². The summed E-state index contributed by atoms with van der Waals surface area (Å²) in [6, 6.07) is 10.3. The fraction of sp³-hybridized carbons (Fsp3) is 0.261. The number of nitrogens with one attached hydrogen (secondary N) is 2. The number of aromatic amines is 1. The van der Waals surface area contributed by atoms with Gasteiger partial charge >= 0.3 is 0 Å². The fourth-order valence-electron chi connectivity index (χ4n) is 4.28. The van der Waals surface area contributed by atoms with Gasteiger partial charge in [-0.05, 0) is 30.5 Å². The van der Waals surface area contributed by atoms with Gasteiger partial charge in [0.15, 0.2) is 5.82 Å². The van der Waals surface area contributed by atoms with Gasteiger partial charge in [0, 0.05) is 53.4 Å². The Morgan fingerprint density at radius 3 is 3.00 bits per heavy atom. The number of nitrogen functional groups attached to an aromatic ring is 1. The van der Waals surface area contributed by atoms with Gasteiger partial charge in [-0.2, -0.15) is 0 Å². The predicted octanol–water partition coefficient (Wildman–Crippen LogP) is 3.43. The molecule has 0 saturated carbocycles. The lowest BCUT2D eigenvalue weighted by molar-refractivity contribution is 0.413. The SMILES string of the molecule is COc1cncc(-c2nc(N)c3c(n2)CNCC3CCc2c[nH]c3ccccc23)c1.